The van der Waals surface area contributed by atoms with Crippen LogP contribution in [0.25, 0.3) is 0 Å². The Labute approximate surface area is 117 Å². The second-order valence-corrected chi connectivity index (χ2v) is 4.36. The minimum absolute atomic E-state index is 0.583. The third-order valence-electron chi connectivity index (χ3n) is 2.71. The fraction of sp³-hybridized carbons (Fsp3) is 0.214. The van der Waals surface area contributed by atoms with Crippen LogP contribution in [-0.2, 0) is 0 Å². The average Bonchev–Trinajstić information content (AvgIpc) is 2.43. The maximum Gasteiger partial charge on any atom is 0.213 e. The van der Waals surface area contributed by atoms with Gasteiger partial charge in [-0.25, -0.2) is 4.98 Å². The van der Waals surface area contributed by atoms with Crippen LogP contribution in [0.15, 0.2) is 30.3 Å². The van der Waals surface area contributed by atoms with E-state index in [0.717, 1.165) is 22.8 Å². The number of aromatic nitrogens is 1. The topological polar surface area (TPSA) is 43.4 Å². The van der Waals surface area contributed by atoms with Crippen LogP contribution in [0, 0.1) is 6.92 Å². The summed E-state index contributed by atoms with van der Waals surface area (Å²) in [6, 6.07) is 9.13. The Morgan fingerprint density at radius 3 is 2.47 bits per heavy atom. The van der Waals surface area contributed by atoms with Crippen LogP contribution >= 0.6 is 11.6 Å². The van der Waals surface area contributed by atoms with Gasteiger partial charge in [0.2, 0.25) is 5.88 Å². The summed E-state index contributed by atoms with van der Waals surface area (Å²) in [7, 11) is 3.21. The molecule has 1 N–H and O–H groups in total. The number of ether oxygens (including phenoxy) is 2. The molecule has 19 heavy (non-hydrogen) atoms. The Bertz CT molecular complexity index is 588. The Morgan fingerprint density at radius 2 is 1.84 bits per heavy atom. The van der Waals surface area contributed by atoms with Gasteiger partial charge in [0.25, 0.3) is 0 Å². The lowest BCUT2D eigenvalue weighted by atomic mass is 10.2. The first-order valence-electron chi connectivity index (χ1n) is 5.76. The van der Waals surface area contributed by atoms with E-state index in [9.17, 15) is 0 Å². The van der Waals surface area contributed by atoms with E-state index in [1.54, 1.807) is 26.4 Å². The molecular formula is C14H15ClN2O2. The standard InChI is InChI=1S/C14H15ClN2O2/c1-9-12(6-7-14(16-9)19-3)17-13-8-10(18-2)4-5-11(13)15/h4-8,17H,1-3H3. The van der Waals surface area contributed by atoms with Crippen molar-refractivity contribution in [3.8, 4) is 11.6 Å². The molecule has 0 aliphatic rings. The number of halogens is 1. The number of rotatable bonds is 4. The van der Waals surface area contributed by atoms with Crippen molar-refractivity contribution >= 4 is 23.0 Å². The number of pyridine rings is 1. The second kappa shape index (κ2) is 5.80. The zero-order chi connectivity index (χ0) is 13.8. The minimum atomic E-state index is 0.583. The van der Waals surface area contributed by atoms with Gasteiger partial charge in [-0.3, -0.25) is 0 Å². The lowest BCUT2D eigenvalue weighted by Gasteiger charge is -2.12. The van der Waals surface area contributed by atoms with E-state index in [1.807, 2.05) is 25.1 Å². The predicted octanol–water partition coefficient (Wildman–Crippen LogP) is 3.80. The van der Waals surface area contributed by atoms with Gasteiger partial charge in [0.05, 0.1) is 36.3 Å². The van der Waals surface area contributed by atoms with Gasteiger partial charge in [0, 0.05) is 12.1 Å². The smallest absolute Gasteiger partial charge is 0.213 e. The van der Waals surface area contributed by atoms with Crippen molar-refractivity contribution in [1.29, 1.82) is 0 Å². The molecule has 0 fully saturated rings. The third kappa shape index (κ3) is 3.09. The summed E-state index contributed by atoms with van der Waals surface area (Å²) in [6.07, 6.45) is 0. The largest absolute Gasteiger partial charge is 0.497 e. The molecular weight excluding hydrogens is 264 g/mol. The van der Waals surface area contributed by atoms with E-state index in [0.29, 0.717) is 10.9 Å². The first-order chi connectivity index (χ1) is 9.13. The molecule has 2 aromatic rings. The van der Waals surface area contributed by atoms with Crippen LogP contribution in [0.1, 0.15) is 5.69 Å². The molecule has 0 saturated carbocycles. The Kier molecular flexibility index (Phi) is 4.12. The van der Waals surface area contributed by atoms with E-state index in [-0.39, 0.29) is 0 Å². The molecule has 0 amide bonds. The molecule has 2 rings (SSSR count). The van der Waals surface area contributed by atoms with Crippen molar-refractivity contribution in [1.82, 2.24) is 4.98 Å². The summed E-state index contributed by atoms with van der Waals surface area (Å²) in [5.74, 6) is 1.32. The molecule has 5 heteroatoms. The molecule has 4 nitrogen and oxygen atoms in total. The van der Waals surface area contributed by atoms with Gasteiger partial charge in [-0.15, -0.1) is 0 Å². The van der Waals surface area contributed by atoms with Gasteiger partial charge in [0.15, 0.2) is 0 Å². The van der Waals surface area contributed by atoms with E-state index < -0.39 is 0 Å². The Morgan fingerprint density at radius 1 is 1.05 bits per heavy atom. The number of benzene rings is 1. The van der Waals surface area contributed by atoms with Crippen molar-refractivity contribution < 1.29 is 9.47 Å². The third-order valence-corrected chi connectivity index (χ3v) is 3.04. The molecule has 0 atom stereocenters. The van der Waals surface area contributed by atoms with Gasteiger partial charge >= 0.3 is 0 Å². The van der Waals surface area contributed by atoms with Crippen LogP contribution in [0.4, 0.5) is 11.4 Å². The average molecular weight is 279 g/mol. The number of hydrogen-bond acceptors (Lipinski definition) is 4. The number of aryl methyl sites for hydroxylation is 1. The number of hydrogen-bond donors (Lipinski definition) is 1. The van der Waals surface area contributed by atoms with Crippen molar-refractivity contribution in [3.05, 3.63) is 41.0 Å². The molecule has 0 saturated heterocycles. The van der Waals surface area contributed by atoms with Crippen molar-refractivity contribution in [3.63, 3.8) is 0 Å². The van der Waals surface area contributed by atoms with Gasteiger partial charge in [-0.1, -0.05) is 11.6 Å². The highest BCUT2D eigenvalue weighted by Gasteiger charge is 2.06. The van der Waals surface area contributed by atoms with Crippen molar-refractivity contribution in [2.45, 2.75) is 6.92 Å². The minimum Gasteiger partial charge on any atom is -0.497 e. The van der Waals surface area contributed by atoms with Crippen LogP contribution in [0.3, 0.4) is 0 Å². The van der Waals surface area contributed by atoms with Crippen LogP contribution < -0.4 is 14.8 Å². The molecule has 0 aliphatic heterocycles. The van der Waals surface area contributed by atoms with Gasteiger partial charge in [-0.05, 0) is 25.1 Å². The Hall–Kier alpha value is -1.94. The first kappa shape index (κ1) is 13.5. The van der Waals surface area contributed by atoms with Gasteiger partial charge in [0.1, 0.15) is 5.75 Å². The summed E-state index contributed by atoms with van der Waals surface area (Å²) >= 11 is 6.15. The fourth-order valence-corrected chi connectivity index (χ4v) is 1.82. The number of methoxy groups -OCH3 is 2. The summed E-state index contributed by atoms with van der Waals surface area (Å²) in [4.78, 5) is 4.30. The highest BCUT2D eigenvalue weighted by Crippen LogP contribution is 2.30. The second-order valence-electron chi connectivity index (χ2n) is 3.96. The normalized spacial score (nSPS) is 10.1. The SMILES string of the molecule is COc1ccc(Cl)c(Nc2ccc(OC)nc2C)c1. The molecule has 0 unspecified atom stereocenters. The number of nitrogens with zero attached hydrogens (tertiary/aromatic N) is 1. The highest BCUT2D eigenvalue weighted by molar-refractivity contribution is 6.33. The summed E-state index contributed by atoms with van der Waals surface area (Å²) in [6.45, 7) is 1.90. The molecule has 100 valence electrons. The maximum absolute atomic E-state index is 6.15. The summed E-state index contributed by atoms with van der Waals surface area (Å²) in [5, 5.41) is 3.86. The van der Waals surface area contributed by atoms with E-state index in [2.05, 4.69) is 10.3 Å². The molecule has 0 radical (unpaired) electrons. The first-order valence-corrected chi connectivity index (χ1v) is 6.14. The van der Waals surface area contributed by atoms with Gasteiger partial charge < -0.3 is 14.8 Å². The predicted molar refractivity (Wildman–Crippen MR) is 76.8 cm³/mol. The number of nitrogens with one attached hydrogen (secondary N) is 1. The van der Waals surface area contributed by atoms with Crippen LogP contribution in [0.5, 0.6) is 11.6 Å². The zero-order valence-corrected chi connectivity index (χ0v) is 11.8. The lowest BCUT2D eigenvalue weighted by Crippen LogP contribution is -1.98. The molecule has 1 heterocycles. The van der Waals surface area contributed by atoms with Gasteiger partial charge in [-0.2, -0.15) is 0 Å². The molecule has 1 aromatic heterocycles. The van der Waals surface area contributed by atoms with Crippen LogP contribution in [0.2, 0.25) is 5.02 Å². The molecule has 0 bridgehead atoms. The van der Waals surface area contributed by atoms with Crippen molar-refractivity contribution in [2.75, 3.05) is 19.5 Å². The monoisotopic (exact) mass is 278 g/mol. The number of anilines is 2. The van der Waals surface area contributed by atoms with E-state index in [4.69, 9.17) is 21.1 Å². The zero-order valence-electron chi connectivity index (χ0n) is 11.0. The maximum atomic E-state index is 6.15. The summed E-state index contributed by atoms with van der Waals surface area (Å²) in [5.41, 5.74) is 2.48. The molecule has 0 spiro atoms. The molecule has 1 aromatic carbocycles. The quantitative estimate of drug-likeness (QED) is 0.924. The lowest BCUT2D eigenvalue weighted by molar-refractivity contribution is 0.397. The Balaban J connectivity index is 2.30. The van der Waals surface area contributed by atoms with Crippen molar-refractivity contribution in [2.24, 2.45) is 0 Å². The van der Waals surface area contributed by atoms with Crippen LogP contribution in [-0.4, -0.2) is 19.2 Å². The fourth-order valence-electron chi connectivity index (χ4n) is 1.66. The molecule has 0 aliphatic carbocycles. The van der Waals surface area contributed by atoms with E-state index >= 15 is 0 Å². The summed E-state index contributed by atoms with van der Waals surface area (Å²) < 4.78 is 10.3. The highest BCUT2D eigenvalue weighted by atomic mass is 35.5. The van der Waals surface area contributed by atoms with E-state index in [1.165, 1.54) is 0 Å².